The third-order valence-electron chi connectivity index (χ3n) is 18.0. The number of rotatable bonds is 21. The molecule has 4 fully saturated rings. The van der Waals surface area contributed by atoms with Crippen molar-refractivity contribution in [1.29, 1.82) is 0 Å². The van der Waals surface area contributed by atoms with Crippen LogP contribution in [0.5, 0.6) is 11.5 Å². The maximum absolute atomic E-state index is 15.2. The van der Waals surface area contributed by atoms with Crippen molar-refractivity contribution >= 4 is 47.4 Å². The molecule has 3 aromatic carbocycles. The van der Waals surface area contributed by atoms with Gasteiger partial charge in [-0.1, -0.05) is 61.5 Å². The zero-order valence-corrected chi connectivity index (χ0v) is 53.9. The minimum atomic E-state index is -2.35. The van der Waals surface area contributed by atoms with Crippen molar-refractivity contribution in [3.05, 3.63) is 95.6 Å². The van der Waals surface area contributed by atoms with Gasteiger partial charge in [0.05, 0.1) is 71.9 Å². The number of guanidine groups is 2. The van der Waals surface area contributed by atoms with Crippen LogP contribution < -0.4 is 58.2 Å². The van der Waals surface area contributed by atoms with Crippen LogP contribution >= 0.6 is 0 Å². The van der Waals surface area contributed by atoms with Crippen LogP contribution in [-0.4, -0.2) is 318 Å². The average Bonchev–Trinajstić information content (AvgIpc) is 1.49. The Morgan fingerprint density at radius 3 is 1.81 bits per heavy atom. The van der Waals surface area contributed by atoms with Crippen molar-refractivity contribution in [2.24, 2.45) is 21.5 Å². The van der Waals surface area contributed by atoms with E-state index in [1.165, 1.54) is 31.4 Å². The van der Waals surface area contributed by atoms with Crippen LogP contribution in [0.1, 0.15) is 29.5 Å². The zero-order valence-electron chi connectivity index (χ0n) is 53.9. The standard InChI is InChI=1S/C62H86N12O26/c1-25(28-6-4-3-5-7-28)39-55(91)68-31(16-26-8-14-30(15-9-26)96-59-51(88)48(85)52(36(22-77)98-59)100-60-50(87)47(84)45(82)37(99-60)24-95-23-27-10-12-29(94-2)13-11-27)54(90)72-40(42(79)32-17-66-61(63)70-32)57(93)73-41(56(92)69-33(20-75)53(89)65-19-38(78)71-39)43(80)34-18-67-62(64)74(34)58-49(86)46(83)44(81)35(21-76)97-58/h3-15,25,31-37,39-52,58-60,75-77,79-88H,16-24H2,1-2H3,(H2,64,67)(H,65,89)(H,68,91)(H,69,92)(H,71,78)(H,72,90)(H,73,93)(H3,63,66,70). The van der Waals surface area contributed by atoms with E-state index in [1.54, 1.807) is 61.5 Å². The Morgan fingerprint density at radius 1 is 0.570 bits per heavy atom. The molecular formula is C62H86N12O26. The molecule has 6 amide bonds. The number of carbonyl (C=O) groups excluding carboxylic acids is 6. The SMILES string of the molecule is COc1ccc(COCC2OC(OC3C(CO)OC(Oc4ccc(CC5NC(=O)C(C(C)c6ccccc6)NC(=O)CNC(=O)C(CO)NC(=O)C(C(O)C6CN=C(N)N6C6OC(CO)C(O)C(O)C6O)NC(=O)C(C(O)C6CN=C(N)N6)NC5=O)cc4)C(O)C3O)C(O)C(O)C2O)cc1. The Labute approximate surface area is 570 Å². The smallest absolute Gasteiger partial charge is 0.246 e. The number of hydrogen-bond acceptors (Lipinski definition) is 32. The second-order valence-corrected chi connectivity index (χ2v) is 24.7. The molecule has 38 heteroatoms. The number of aliphatic imine (C=N–C) groups is 2. The van der Waals surface area contributed by atoms with Crippen LogP contribution in [0, 0.1) is 0 Å². The number of carbonyl (C=O) groups is 6. The summed E-state index contributed by atoms with van der Waals surface area (Å²) in [6, 6.07) is 7.75. The van der Waals surface area contributed by atoms with Crippen LogP contribution in [0.2, 0.25) is 0 Å². The van der Waals surface area contributed by atoms with Crippen molar-refractivity contribution in [2.45, 2.75) is 172 Å². The van der Waals surface area contributed by atoms with E-state index in [2.05, 4.69) is 47.2 Å². The topological polar surface area (TPSA) is 594 Å². The Kier molecular flexibility index (Phi) is 25.9. The first-order valence-corrected chi connectivity index (χ1v) is 32.0. The van der Waals surface area contributed by atoms with E-state index >= 15 is 9.59 Å². The Hall–Kier alpha value is -8.10. The number of methoxy groups -OCH3 is 1. The molecule has 550 valence electrons. The van der Waals surface area contributed by atoms with Crippen LogP contribution in [0.4, 0.5) is 0 Å². The largest absolute Gasteiger partial charge is 0.497 e. The van der Waals surface area contributed by atoms with Gasteiger partial charge < -0.3 is 153 Å². The predicted octanol–water partition coefficient (Wildman–Crippen LogP) is -11.4. The molecule has 38 nitrogen and oxygen atoms in total. The molecule has 6 heterocycles. The van der Waals surface area contributed by atoms with E-state index < -0.39 is 233 Å². The summed E-state index contributed by atoms with van der Waals surface area (Å²) < 4.78 is 40.0. The maximum Gasteiger partial charge on any atom is 0.246 e. The van der Waals surface area contributed by atoms with Crippen molar-refractivity contribution < 1.29 is 128 Å². The second-order valence-electron chi connectivity index (χ2n) is 24.7. The summed E-state index contributed by atoms with van der Waals surface area (Å²) in [6.45, 7) is -3.42. The summed E-state index contributed by atoms with van der Waals surface area (Å²) in [5.41, 5.74) is 13.6. The number of aliphatic hydroxyl groups excluding tert-OH is 13. The van der Waals surface area contributed by atoms with Gasteiger partial charge in [0.2, 0.25) is 41.7 Å². The van der Waals surface area contributed by atoms with Gasteiger partial charge in [0.15, 0.2) is 24.4 Å². The summed E-state index contributed by atoms with van der Waals surface area (Å²) in [5, 5.41) is 160. The molecule has 25 unspecified atom stereocenters. The van der Waals surface area contributed by atoms with Crippen molar-refractivity contribution in [3.63, 3.8) is 0 Å². The van der Waals surface area contributed by atoms with Gasteiger partial charge in [0, 0.05) is 12.3 Å². The quantitative estimate of drug-likeness (QED) is 0.0471. The molecular weight excluding hydrogens is 1330 g/mol. The van der Waals surface area contributed by atoms with Gasteiger partial charge in [-0.05, 0) is 41.0 Å². The molecule has 0 aliphatic carbocycles. The maximum atomic E-state index is 15.2. The van der Waals surface area contributed by atoms with Crippen molar-refractivity contribution in [1.82, 2.24) is 42.1 Å². The molecule has 0 spiro atoms. The molecule has 0 bridgehead atoms. The Morgan fingerprint density at radius 2 is 1.16 bits per heavy atom. The molecule has 0 aromatic heterocycles. The van der Waals surface area contributed by atoms with Gasteiger partial charge in [-0.3, -0.25) is 38.8 Å². The molecule has 25 atom stereocenters. The molecule has 0 radical (unpaired) electrons. The highest BCUT2D eigenvalue weighted by Gasteiger charge is 2.54. The van der Waals surface area contributed by atoms with E-state index in [0.717, 1.165) is 10.5 Å². The highest BCUT2D eigenvalue weighted by molar-refractivity contribution is 5.98. The number of aliphatic hydroxyl groups is 13. The number of hydrogen-bond donors (Lipinski definition) is 22. The van der Waals surface area contributed by atoms with E-state index in [9.17, 15) is 85.6 Å². The number of ether oxygens (including phenoxy) is 7. The van der Waals surface area contributed by atoms with E-state index in [1.807, 2.05) is 0 Å². The highest BCUT2D eigenvalue weighted by Crippen LogP contribution is 2.33. The van der Waals surface area contributed by atoms with Gasteiger partial charge in [-0.25, -0.2) is 0 Å². The molecule has 9 rings (SSSR count). The third kappa shape index (κ3) is 17.6. The summed E-state index contributed by atoms with van der Waals surface area (Å²) in [7, 11) is 1.51. The second kappa shape index (κ2) is 34.0. The minimum Gasteiger partial charge on any atom is -0.497 e. The molecule has 100 heavy (non-hydrogen) atoms. The lowest BCUT2D eigenvalue weighted by Gasteiger charge is -2.46. The molecule has 24 N–H and O–H groups in total. The number of nitrogens with zero attached hydrogens (tertiary/aromatic N) is 3. The molecule has 3 aromatic rings. The first-order chi connectivity index (χ1) is 47.7. The zero-order chi connectivity index (χ0) is 72.4. The Balaban J connectivity index is 0.976. The Bertz CT molecular complexity index is 3330. The average molecular weight is 1420 g/mol. The summed E-state index contributed by atoms with van der Waals surface area (Å²) >= 11 is 0. The minimum absolute atomic E-state index is 0.0469. The van der Waals surface area contributed by atoms with E-state index in [0.29, 0.717) is 11.3 Å². The summed E-state index contributed by atoms with van der Waals surface area (Å²) in [6.07, 6.45) is -31.5. The van der Waals surface area contributed by atoms with Crippen LogP contribution in [-0.2, 0) is 65.5 Å². The van der Waals surface area contributed by atoms with E-state index in [4.69, 9.17) is 44.6 Å². The number of benzene rings is 3. The lowest BCUT2D eigenvalue weighted by Crippen LogP contribution is -2.70. The van der Waals surface area contributed by atoms with Gasteiger partial charge >= 0.3 is 0 Å². The summed E-state index contributed by atoms with van der Waals surface area (Å²) in [5.74, 6) is -8.39. The molecule has 6 aliphatic rings. The lowest BCUT2D eigenvalue weighted by molar-refractivity contribution is -0.353. The fraction of sp³-hybridized carbons (Fsp3) is 0.581. The van der Waals surface area contributed by atoms with Crippen LogP contribution in [0.3, 0.4) is 0 Å². The molecule has 0 saturated carbocycles. The number of amides is 6. The van der Waals surface area contributed by atoms with Crippen LogP contribution in [0.15, 0.2) is 88.8 Å². The van der Waals surface area contributed by atoms with Gasteiger partial charge in [-0.15, -0.1) is 0 Å². The molecule has 6 aliphatic heterocycles. The third-order valence-corrected chi connectivity index (χ3v) is 18.0. The van der Waals surface area contributed by atoms with Crippen LogP contribution in [0.25, 0.3) is 0 Å². The fourth-order valence-corrected chi connectivity index (χ4v) is 12.2. The number of nitrogens with two attached hydrogens (primary N) is 2. The normalized spacial score (nSPS) is 35.2. The first-order valence-electron chi connectivity index (χ1n) is 32.0. The molecule has 4 saturated heterocycles. The fourth-order valence-electron chi connectivity index (χ4n) is 12.2. The van der Waals surface area contributed by atoms with Gasteiger partial charge in [0.1, 0.15) is 127 Å². The van der Waals surface area contributed by atoms with Crippen molar-refractivity contribution in [3.8, 4) is 11.5 Å². The lowest BCUT2D eigenvalue weighted by atomic mass is 9.92. The highest BCUT2D eigenvalue weighted by atomic mass is 16.7. The first kappa shape index (κ1) is 76.1. The monoisotopic (exact) mass is 1410 g/mol. The summed E-state index contributed by atoms with van der Waals surface area (Å²) in [4.78, 5) is 96.5. The predicted molar refractivity (Wildman–Crippen MR) is 339 cm³/mol. The van der Waals surface area contributed by atoms with E-state index in [-0.39, 0.29) is 37.0 Å². The number of nitrogens with one attached hydrogen (secondary N) is 7. The van der Waals surface area contributed by atoms with Gasteiger partial charge in [-0.2, -0.15) is 0 Å². The van der Waals surface area contributed by atoms with Gasteiger partial charge in [0.25, 0.3) is 0 Å². The van der Waals surface area contributed by atoms with Crippen molar-refractivity contribution in [2.75, 3.05) is 53.2 Å².